The predicted molar refractivity (Wildman–Crippen MR) is 60.6 cm³/mol. The highest BCUT2D eigenvalue weighted by Gasteiger charge is 2.14. The molecule has 15 heavy (non-hydrogen) atoms. The predicted octanol–water partition coefficient (Wildman–Crippen LogP) is 1.61. The average molecular weight is 274 g/mol. The summed E-state index contributed by atoms with van der Waals surface area (Å²) in [5.74, 6) is 0.904. The molecule has 1 rings (SSSR count). The van der Waals surface area contributed by atoms with Crippen LogP contribution in [0.5, 0.6) is 11.5 Å². The summed E-state index contributed by atoms with van der Waals surface area (Å²) >= 11 is 3.29. The van der Waals surface area contributed by atoms with Gasteiger partial charge in [-0.25, -0.2) is 0 Å². The fourth-order valence-electron chi connectivity index (χ4n) is 1.19. The van der Waals surface area contributed by atoms with E-state index in [-0.39, 0.29) is 12.3 Å². The van der Waals surface area contributed by atoms with Gasteiger partial charge < -0.3 is 15.2 Å². The molecule has 82 valence electrons. The lowest BCUT2D eigenvalue weighted by Crippen LogP contribution is -2.14. The zero-order chi connectivity index (χ0) is 11.4. The van der Waals surface area contributed by atoms with Crippen LogP contribution in [0.1, 0.15) is 10.4 Å². The molecule has 0 amide bonds. The minimum atomic E-state index is -0.171. The smallest absolute Gasteiger partial charge is 0.180 e. The molecular formula is C10H12BrNO3. The maximum absolute atomic E-state index is 11.5. The lowest BCUT2D eigenvalue weighted by Gasteiger charge is -2.10. The molecule has 0 fully saturated rings. The molecule has 0 radical (unpaired) electrons. The number of methoxy groups -OCH3 is 2. The van der Waals surface area contributed by atoms with Gasteiger partial charge in [-0.3, -0.25) is 4.79 Å². The molecule has 0 aliphatic heterocycles. The van der Waals surface area contributed by atoms with Crippen molar-refractivity contribution < 1.29 is 14.3 Å². The number of rotatable bonds is 4. The Kier molecular flexibility index (Phi) is 4.11. The third-order valence-corrected chi connectivity index (χ3v) is 2.58. The fourth-order valence-corrected chi connectivity index (χ4v) is 1.69. The van der Waals surface area contributed by atoms with Gasteiger partial charge in [-0.2, -0.15) is 0 Å². The van der Waals surface area contributed by atoms with Gasteiger partial charge in [-0.1, -0.05) is 0 Å². The lowest BCUT2D eigenvalue weighted by atomic mass is 10.1. The first-order chi connectivity index (χ1) is 7.13. The van der Waals surface area contributed by atoms with Gasteiger partial charge in [0.1, 0.15) is 11.5 Å². The average Bonchev–Trinajstić information content (AvgIpc) is 2.27. The second-order valence-electron chi connectivity index (χ2n) is 2.81. The first-order valence-electron chi connectivity index (χ1n) is 4.28. The number of carbonyl (C=O) groups is 1. The van der Waals surface area contributed by atoms with E-state index in [1.807, 2.05) is 0 Å². The summed E-state index contributed by atoms with van der Waals surface area (Å²) in [6.07, 6.45) is 0. The van der Waals surface area contributed by atoms with E-state index in [4.69, 9.17) is 15.2 Å². The second kappa shape index (κ2) is 5.14. The zero-order valence-electron chi connectivity index (χ0n) is 8.54. The molecule has 0 aromatic heterocycles. The molecule has 0 saturated heterocycles. The fraction of sp³-hybridized carbons (Fsp3) is 0.300. The third-order valence-electron chi connectivity index (χ3n) is 1.96. The monoisotopic (exact) mass is 273 g/mol. The Morgan fingerprint density at radius 3 is 2.40 bits per heavy atom. The molecule has 0 bridgehead atoms. The summed E-state index contributed by atoms with van der Waals surface area (Å²) < 4.78 is 10.9. The van der Waals surface area contributed by atoms with E-state index in [0.29, 0.717) is 21.5 Å². The number of hydrogen-bond acceptors (Lipinski definition) is 4. The van der Waals surface area contributed by atoms with Gasteiger partial charge in [0, 0.05) is 6.07 Å². The van der Waals surface area contributed by atoms with Crippen molar-refractivity contribution in [3.05, 3.63) is 22.2 Å². The van der Waals surface area contributed by atoms with Gasteiger partial charge in [0.2, 0.25) is 0 Å². The quantitative estimate of drug-likeness (QED) is 0.847. The molecule has 0 heterocycles. The van der Waals surface area contributed by atoms with E-state index in [9.17, 15) is 4.79 Å². The van der Waals surface area contributed by atoms with Crippen molar-refractivity contribution in [2.75, 3.05) is 20.8 Å². The first kappa shape index (κ1) is 12.0. The van der Waals surface area contributed by atoms with Gasteiger partial charge >= 0.3 is 0 Å². The van der Waals surface area contributed by atoms with Crippen LogP contribution in [0, 0.1) is 0 Å². The summed E-state index contributed by atoms with van der Waals surface area (Å²) in [5.41, 5.74) is 5.75. The van der Waals surface area contributed by atoms with Gasteiger partial charge in [-0.05, 0) is 22.0 Å². The van der Waals surface area contributed by atoms with Crippen molar-refractivity contribution in [1.29, 1.82) is 0 Å². The number of carbonyl (C=O) groups excluding carboxylic acids is 1. The van der Waals surface area contributed by atoms with Gasteiger partial charge in [-0.15, -0.1) is 0 Å². The van der Waals surface area contributed by atoms with Crippen LogP contribution in [0.25, 0.3) is 0 Å². The SMILES string of the molecule is COc1cc(OC)c(C(=O)CN)cc1Br. The molecule has 0 unspecified atom stereocenters. The van der Waals surface area contributed by atoms with Crippen LogP contribution in [-0.2, 0) is 0 Å². The van der Waals surface area contributed by atoms with Crippen LogP contribution in [0.2, 0.25) is 0 Å². The molecule has 2 N–H and O–H groups in total. The van der Waals surface area contributed by atoms with Crippen LogP contribution in [0.15, 0.2) is 16.6 Å². The number of halogens is 1. The maximum atomic E-state index is 11.5. The Hall–Kier alpha value is -1.07. The standard InChI is InChI=1S/C10H12BrNO3/c1-14-9-4-10(15-2)7(11)3-6(9)8(13)5-12/h3-4H,5,12H2,1-2H3. The van der Waals surface area contributed by atoms with Gasteiger partial charge in [0.25, 0.3) is 0 Å². The summed E-state index contributed by atoms with van der Waals surface area (Å²) in [6.45, 7) is -0.0465. The number of benzene rings is 1. The normalized spacial score (nSPS) is 9.87. The number of hydrogen-bond donors (Lipinski definition) is 1. The largest absolute Gasteiger partial charge is 0.496 e. The van der Waals surface area contributed by atoms with E-state index in [2.05, 4.69) is 15.9 Å². The number of Topliss-reactive ketones (excluding diaryl/α,β-unsaturated/α-hetero) is 1. The van der Waals surface area contributed by atoms with Crippen molar-refractivity contribution in [2.45, 2.75) is 0 Å². The molecule has 5 heteroatoms. The van der Waals surface area contributed by atoms with Crippen molar-refractivity contribution >= 4 is 21.7 Å². The zero-order valence-corrected chi connectivity index (χ0v) is 10.1. The van der Waals surface area contributed by atoms with Crippen LogP contribution >= 0.6 is 15.9 Å². The van der Waals surface area contributed by atoms with Crippen molar-refractivity contribution in [3.8, 4) is 11.5 Å². The molecule has 4 nitrogen and oxygen atoms in total. The highest BCUT2D eigenvalue weighted by molar-refractivity contribution is 9.10. The Balaban J connectivity index is 3.27. The van der Waals surface area contributed by atoms with E-state index < -0.39 is 0 Å². The second-order valence-corrected chi connectivity index (χ2v) is 3.67. The third kappa shape index (κ3) is 2.49. The van der Waals surface area contributed by atoms with Crippen molar-refractivity contribution in [2.24, 2.45) is 5.73 Å². The molecule has 0 aliphatic rings. The lowest BCUT2D eigenvalue weighted by molar-refractivity contribution is 0.0998. The Morgan fingerprint density at radius 1 is 1.33 bits per heavy atom. The molecule has 1 aromatic carbocycles. The highest BCUT2D eigenvalue weighted by atomic mass is 79.9. The minimum absolute atomic E-state index is 0.0465. The van der Waals surface area contributed by atoms with E-state index in [1.54, 1.807) is 19.2 Å². The van der Waals surface area contributed by atoms with E-state index in [0.717, 1.165) is 0 Å². The molecule has 0 saturated carbocycles. The number of ketones is 1. The molecule has 0 aliphatic carbocycles. The van der Waals surface area contributed by atoms with Crippen molar-refractivity contribution in [1.82, 2.24) is 0 Å². The molecular weight excluding hydrogens is 262 g/mol. The molecule has 0 atom stereocenters. The molecule has 1 aromatic rings. The Morgan fingerprint density at radius 2 is 1.93 bits per heavy atom. The van der Waals surface area contributed by atoms with E-state index >= 15 is 0 Å². The van der Waals surface area contributed by atoms with E-state index in [1.165, 1.54) is 7.11 Å². The van der Waals surface area contributed by atoms with Crippen molar-refractivity contribution in [3.63, 3.8) is 0 Å². The molecule has 0 spiro atoms. The summed E-state index contributed by atoms with van der Waals surface area (Å²) in [4.78, 5) is 11.5. The first-order valence-corrected chi connectivity index (χ1v) is 5.08. The highest BCUT2D eigenvalue weighted by Crippen LogP contribution is 2.32. The minimum Gasteiger partial charge on any atom is -0.496 e. The topological polar surface area (TPSA) is 61.5 Å². The maximum Gasteiger partial charge on any atom is 0.180 e. The summed E-state index contributed by atoms with van der Waals surface area (Å²) in [5, 5.41) is 0. The van der Waals surface area contributed by atoms with Crippen LogP contribution in [0.4, 0.5) is 0 Å². The number of nitrogens with two attached hydrogens (primary N) is 1. The van der Waals surface area contributed by atoms with Gasteiger partial charge in [0.15, 0.2) is 5.78 Å². The van der Waals surface area contributed by atoms with Gasteiger partial charge in [0.05, 0.1) is 30.8 Å². The summed E-state index contributed by atoms with van der Waals surface area (Å²) in [6, 6.07) is 3.29. The van der Waals surface area contributed by atoms with Crippen LogP contribution < -0.4 is 15.2 Å². The van der Waals surface area contributed by atoms with Crippen LogP contribution in [0.3, 0.4) is 0 Å². The van der Waals surface area contributed by atoms with Crippen LogP contribution in [-0.4, -0.2) is 26.5 Å². The summed E-state index contributed by atoms with van der Waals surface area (Å²) in [7, 11) is 3.04. The number of ether oxygens (including phenoxy) is 2. The Bertz CT molecular complexity index is 379. The Labute approximate surface area is 96.5 Å².